The molecule has 0 unspecified atom stereocenters. The topological polar surface area (TPSA) is 81.9 Å². The molecule has 0 aromatic heterocycles. The fourth-order valence-corrected chi connectivity index (χ4v) is 5.68. The molecule has 0 radical (unpaired) electrons. The van der Waals surface area contributed by atoms with Gasteiger partial charge in [0.25, 0.3) is 0 Å². The van der Waals surface area contributed by atoms with Gasteiger partial charge in [-0.15, -0.1) is 0 Å². The number of nitrogens with two attached hydrogens (primary N) is 1. The van der Waals surface area contributed by atoms with Gasteiger partial charge < -0.3 is 15.2 Å². The van der Waals surface area contributed by atoms with E-state index in [4.69, 9.17) is 15.2 Å². The molecule has 5 rings (SSSR count). The Balaban J connectivity index is 1.28. The van der Waals surface area contributed by atoms with Crippen molar-refractivity contribution < 1.29 is 32.2 Å². The van der Waals surface area contributed by atoms with E-state index in [-0.39, 0.29) is 25.7 Å². The summed E-state index contributed by atoms with van der Waals surface area (Å²) in [5.41, 5.74) is 9.05. The van der Waals surface area contributed by atoms with Crippen LogP contribution in [0.15, 0.2) is 70.7 Å². The summed E-state index contributed by atoms with van der Waals surface area (Å²) in [5, 5.41) is 0. The standard InChI is InChI=1S/C32H30BrF3N2O4/c33-25-6-2-1-5-22(25)19-42-30(39)24-18-38(32(14-15-32)31(37)40)16-13-23(24)21-9-7-20(8-10-21)4-3-17-41-29-27(35)12-11-26(34)28(29)36/h1-2,5-12H,3-4,13-19H2,(H2,37,40). The molecule has 1 saturated carbocycles. The molecule has 10 heteroatoms. The quantitative estimate of drug-likeness (QED) is 0.155. The van der Waals surface area contributed by atoms with Crippen molar-refractivity contribution in [1.29, 1.82) is 0 Å². The highest BCUT2D eigenvalue weighted by atomic mass is 79.9. The Hall–Kier alpha value is -3.63. The van der Waals surface area contributed by atoms with Crippen LogP contribution in [0.25, 0.3) is 5.57 Å². The minimum atomic E-state index is -1.34. The maximum Gasteiger partial charge on any atom is 0.335 e. The van der Waals surface area contributed by atoms with Crippen LogP contribution in [0.5, 0.6) is 5.75 Å². The number of carbonyl (C=O) groups is 2. The molecule has 1 aliphatic heterocycles. The van der Waals surface area contributed by atoms with Crippen LogP contribution in [0.1, 0.15) is 42.4 Å². The van der Waals surface area contributed by atoms with E-state index in [2.05, 4.69) is 15.9 Å². The minimum Gasteiger partial charge on any atom is -0.488 e. The summed E-state index contributed by atoms with van der Waals surface area (Å²) in [7, 11) is 0. The summed E-state index contributed by atoms with van der Waals surface area (Å²) in [6, 6.07) is 16.8. The van der Waals surface area contributed by atoms with Crippen LogP contribution in [0.2, 0.25) is 0 Å². The van der Waals surface area contributed by atoms with Gasteiger partial charge in [-0.2, -0.15) is 4.39 Å². The lowest BCUT2D eigenvalue weighted by atomic mass is 9.91. The summed E-state index contributed by atoms with van der Waals surface area (Å²) >= 11 is 3.48. The summed E-state index contributed by atoms with van der Waals surface area (Å²) in [6.07, 6.45) is 2.91. The lowest BCUT2D eigenvalue weighted by Crippen LogP contribution is -2.50. The third kappa shape index (κ3) is 6.39. The number of hydrogen-bond donors (Lipinski definition) is 1. The first kappa shape index (κ1) is 29.8. The average Bonchev–Trinajstić information content (AvgIpc) is 3.81. The third-order valence-corrected chi connectivity index (χ3v) is 8.63. The molecule has 1 amide bonds. The molecule has 0 saturated heterocycles. The van der Waals surface area contributed by atoms with Crippen molar-refractivity contribution in [1.82, 2.24) is 4.90 Å². The number of rotatable bonds is 11. The van der Waals surface area contributed by atoms with Gasteiger partial charge in [0, 0.05) is 23.1 Å². The van der Waals surface area contributed by atoms with Crippen molar-refractivity contribution in [3.63, 3.8) is 0 Å². The molecule has 1 aliphatic carbocycles. The maximum atomic E-state index is 13.8. The number of nitrogens with zero attached hydrogens (tertiary/aromatic N) is 1. The van der Waals surface area contributed by atoms with E-state index in [0.29, 0.717) is 50.3 Å². The number of esters is 1. The second-order valence-electron chi connectivity index (χ2n) is 10.5. The van der Waals surface area contributed by atoms with Crippen molar-refractivity contribution in [2.75, 3.05) is 19.7 Å². The zero-order chi connectivity index (χ0) is 29.9. The van der Waals surface area contributed by atoms with Crippen molar-refractivity contribution in [2.24, 2.45) is 5.73 Å². The number of hydrogen-bond acceptors (Lipinski definition) is 5. The lowest BCUT2D eigenvalue weighted by molar-refractivity contribution is -0.141. The van der Waals surface area contributed by atoms with Gasteiger partial charge in [0.1, 0.15) is 12.1 Å². The van der Waals surface area contributed by atoms with Crippen LogP contribution in [0, 0.1) is 17.5 Å². The predicted octanol–water partition coefficient (Wildman–Crippen LogP) is 6.10. The van der Waals surface area contributed by atoms with Gasteiger partial charge in [0.05, 0.1) is 12.2 Å². The minimum absolute atomic E-state index is 0.00909. The van der Waals surface area contributed by atoms with Gasteiger partial charge >= 0.3 is 5.97 Å². The van der Waals surface area contributed by atoms with Gasteiger partial charge in [-0.25, -0.2) is 13.6 Å². The Labute approximate surface area is 250 Å². The fourth-order valence-electron chi connectivity index (χ4n) is 5.28. The molecule has 6 nitrogen and oxygen atoms in total. The Morgan fingerprint density at radius 2 is 1.69 bits per heavy atom. The molecule has 1 fully saturated rings. The Kier molecular flexibility index (Phi) is 9.03. The average molecular weight is 644 g/mol. The van der Waals surface area contributed by atoms with Crippen LogP contribution in [0.4, 0.5) is 13.2 Å². The number of primary amides is 1. The number of halogens is 4. The lowest BCUT2D eigenvalue weighted by Gasteiger charge is -2.35. The van der Waals surface area contributed by atoms with E-state index in [1.807, 2.05) is 53.4 Å². The number of aryl methyl sites for hydroxylation is 1. The van der Waals surface area contributed by atoms with E-state index in [1.165, 1.54) is 0 Å². The van der Waals surface area contributed by atoms with E-state index in [1.54, 1.807) is 0 Å². The number of carbonyl (C=O) groups excluding carboxylic acids is 2. The van der Waals surface area contributed by atoms with Gasteiger partial charge in [-0.05, 0) is 67.0 Å². The van der Waals surface area contributed by atoms with E-state index >= 15 is 0 Å². The molecule has 42 heavy (non-hydrogen) atoms. The zero-order valence-corrected chi connectivity index (χ0v) is 24.4. The van der Waals surface area contributed by atoms with Gasteiger partial charge in [0.2, 0.25) is 11.7 Å². The van der Waals surface area contributed by atoms with Gasteiger partial charge in [0.15, 0.2) is 17.4 Å². The van der Waals surface area contributed by atoms with Crippen LogP contribution >= 0.6 is 15.9 Å². The Morgan fingerprint density at radius 3 is 2.38 bits per heavy atom. The van der Waals surface area contributed by atoms with Crippen molar-refractivity contribution >= 4 is 33.4 Å². The fraction of sp³-hybridized carbons (Fsp3) is 0.312. The van der Waals surface area contributed by atoms with E-state index in [0.717, 1.165) is 32.8 Å². The molecular weight excluding hydrogens is 613 g/mol. The predicted molar refractivity (Wildman–Crippen MR) is 155 cm³/mol. The highest BCUT2D eigenvalue weighted by Crippen LogP contribution is 2.44. The second kappa shape index (κ2) is 12.7. The van der Waals surface area contributed by atoms with Crippen molar-refractivity contribution in [3.05, 3.63) is 105 Å². The van der Waals surface area contributed by atoms with Crippen LogP contribution in [-0.2, 0) is 27.4 Å². The van der Waals surface area contributed by atoms with Gasteiger partial charge in [-0.1, -0.05) is 58.4 Å². The first-order valence-electron chi connectivity index (χ1n) is 13.7. The SMILES string of the molecule is NC(=O)C1(N2CCC(c3ccc(CCCOc4c(F)ccc(F)c4F)cc3)=C(C(=O)OCc3ccccc3Br)C2)CC1. The third-order valence-electron chi connectivity index (χ3n) is 7.86. The van der Waals surface area contributed by atoms with Crippen molar-refractivity contribution in [2.45, 2.75) is 44.2 Å². The summed E-state index contributed by atoms with van der Waals surface area (Å²) in [6.45, 7) is 0.961. The second-order valence-corrected chi connectivity index (χ2v) is 11.4. The Morgan fingerprint density at radius 1 is 0.976 bits per heavy atom. The maximum absolute atomic E-state index is 13.8. The summed E-state index contributed by atoms with van der Waals surface area (Å²) < 4.78 is 52.7. The molecule has 1 heterocycles. The molecule has 0 spiro atoms. The number of benzene rings is 3. The smallest absolute Gasteiger partial charge is 0.335 e. The normalized spacial score (nSPS) is 16.3. The summed E-state index contributed by atoms with van der Waals surface area (Å²) in [4.78, 5) is 27.6. The van der Waals surface area contributed by atoms with E-state index < -0.39 is 34.7 Å². The van der Waals surface area contributed by atoms with E-state index in [9.17, 15) is 22.8 Å². The number of amides is 1. The number of ether oxygens (including phenoxy) is 2. The molecular formula is C32H30BrF3N2O4. The van der Waals surface area contributed by atoms with Crippen LogP contribution in [-0.4, -0.2) is 42.0 Å². The Bertz CT molecular complexity index is 1520. The van der Waals surface area contributed by atoms with Crippen LogP contribution in [0.3, 0.4) is 0 Å². The zero-order valence-electron chi connectivity index (χ0n) is 22.8. The van der Waals surface area contributed by atoms with Crippen LogP contribution < -0.4 is 10.5 Å². The first-order chi connectivity index (χ1) is 20.2. The van der Waals surface area contributed by atoms with Crippen molar-refractivity contribution in [3.8, 4) is 5.75 Å². The monoisotopic (exact) mass is 642 g/mol. The molecule has 2 aliphatic rings. The first-order valence-corrected chi connectivity index (χ1v) is 14.5. The molecule has 3 aromatic rings. The molecule has 220 valence electrons. The molecule has 3 aromatic carbocycles. The highest BCUT2D eigenvalue weighted by Gasteiger charge is 2.54. The largest absolute Gasteiger partial charge is 0.488 e. The van der Waals surface area contributed by atoms with Gasteiger partial charge in [-0.3, -0.25) is 9.69 Å². The molecule has 0 bridgehead atoms. The summed E-state index contributed by atoms with van der Waals surface area (Å²) in [5.74, 6) is -4.99. The molecule has 2 N–H and O–H groups in total. The highest BCUT2D eigenvalue weighted by molar-refractivity contribution is 9.10. The molecule has 0 atom stereocenters.